The number of aromatic nitrogens is 1. The number of nitrogens with zero attached hydrogens (tertiary/aromatic N) is 2. The molecule has 1 aromatic carbocycles. The molecule has 0 aliphatic heterocycles. The van der Waals surface area contributed by atoms with E-state index in [2.05, 4.69) is 26.2 Å². The van der Waals surface area contributed by atoms with E-state index in [4.69, 9.17) is 0 Å². The molecule has 0 saturated carbocycles. The van der Waals surface area contributed by atoms with Crippen LogP contribution in [0, 0.1) is 17.0 Å². The lowest BCUT2D eigenvalue weighted by atomic mass is 10.2. The van der Waals surface area contributed by atoms with Crippen molar-refractivity contribution in [1.82, 2.24) is 4.98 Å². The van der Waals surface area contributed by atoms with Gasteiger partial charge in [-0.15, -0.1) is 11.3 Å². The van der Waals surface area contributed by atoms with Crippen molar-refractivity contribution in [2.24, 2.45) is 0 Å². The molecule has 0 spiro atoms. The first-order valence-electron chi connectivity index (χ1n) is 5.15. The molecule has 0 fully saturated rings. The van der Waals surface area contributed by atoms with E-state index in [9.17, 15) is 14.9 Å². The molecule has 0 bridgehead atoms. The van der Waals surface area contributed by atoms with E-state index >= 15 is 0 Å². The third-order valence-electron chi connectivity index (χ3n) is 2.24. The quantitative estimate of drug-likeness (QED) is 0.684. The molecule has 1 amide bonds. The number of hydrogen-bond acceptors (Lipinski definition) is 5. The number of anilines is 1. The average molecular weight is 342 g/mol. The number of carbonyl (C=O) groups is 1. The van der Waals surface area contributed by atoms with Gasteiger partial charge in [-0.05, 0) is 28.9 Å². The van der Waals surface area contributed by atoms with Gasteiger partial charge in [0.15, 0.2) is 5.13 Å². The first-order chi connectivity index (χ1) is 8.97. The lowest BCUT2D eigenvalue weighted by Gasteiger charge is -2.04. The van der Waals surface area contributed by atoms with E-state index in [1.807, 2.05) is 6.92 Å². The van der Waals surface area contributed by atoms with Crippen LogP contribution in [0.15, 0.2) is 28.1 Å². The first kappa shape index (κ1) is 13.6. The van der Waals surface area contributed by atoms with Crippen LogP contribution in [0.25, 0.3) is 0 Å². The predicted octanol–water partition coefficient (Wildman–Crippen LogP) is 3.37. The summed E-state index contributed by atoms with van der Waals surface area (Å²) in [6.07, 6.45) is 0. The molecule has 0 saturated heterocycles. The normalized spacial score (nSPS) is 10.2. The fourth-order valence-corrected chi connectivity index (χ4v) is 2.49. The highest BCUT2D eigenvalue weighted by Gasteiger charge is 2.16. The van der Waals surface area contributed by atoms with Crippen LogP contribution in [0.2, 0.25) is 0 Å². The third kappa shape index (κ3) is 3.15. The second-order valence-electron chi connectivity index (χ2n) is 3.67. The number of nitro benzene ring substituents is 1. The van der Waals surface area contributed by atoms with E-state index in [1.165, 1.54) is 29.5 Å². The Labute approximate surface area is 120 Å². The second-order valence-corrected chi connectivity index (χ2v) is 5.38. The lowest BCUT2D eigenvalue weighted by molar-refractivity contribution is -0.384. The lowest BCUT2D eigenvalue weighted by Crippen LogP contribution is -2.12. The molecule has 0 unspecified atom stereocenters. The Morgan fingerprint density at radius 2 is 2.26 bits per heavy atom. The second kappa shape index (κ2) is 5.45. The zero-order valence-electron chi connectivity index (χ0n) is 9.71. The van der Waals surface area contributed by atoms with Gasteiger partial charge in [0.25, 0.3) is 11.6 Å². The van der Waals surface area contributed by atoms with Crippen LogP contribution in [0.5, 0.6) is 0 Å². The molecular formula is C11H8BrN3O3S. The monoisotopic (exact) mass is 341 g/mol. The van der Waals surface area contributed by atoms with Gasteiger partial charge in [0, 0.05) is 22.0 Å². The van der Waals surface area contributed by atoms with Crippen LogP contribution in [0.4, 0.5) is 10.8 Å². The van der Waals surface area contributed by atoms with Gasteiger partial charge in [0.1, 0.15) is 0 Å². The van der Waals surface area contributed by atoms with Crippen molar-refractivity contribution in [1.29, 1.82) is 0 Å². The van der Waals surface area contributed by atoms with Gasteiger partial charge >= 0.3 is 0 Å². The largest absolute Gasteiger partial charge is 0.298 e. The van der Waals surface area contributed by atoms with E-state index in [1.54, 1.807) is 5.38 Å². The van der Waals surface area contributed by atoms with Gasteiger partial charge in [0.2, 0.25) is 0 Å². The molecule has 8 heteroatoms. The van der Waals surface area contributed by atoms with Gasteiger partial charge in [-0.3, -0.25) is 20.2 Å². The van der Waals surface area contributed by atoms with Crippen molar-refractivity contribution in [3.05, 3.63) is 49.4 Å². The molecule has 0 aliphatic carbocycles. The van der Waals surface area contributed by atoms with Crippen LogP contribution >= 0.6 is 27.3 Å². The summed E-state index contributed by atoms with van der Waals surface area (Å²) in [5.41, 5.74) is 0.865. The minimum absolute atomic E-state index is 0.135. The van der Waals surface area contributed by atoms with Crippen molar-refractivity contribution >= 4 is 44.0 Å². The SMILES string of the molecule is Cc1csc(NC(=O)c2cc([N+](=O)[O-])ccc2Br)n1. The number of non-ortho nitro benzene ring substituents is 1. The van der Waals surface area contributed by atoms with Gasteiger partial charge in [-0.2, -0.15) is 0 Å². The number of rotatable bonds is 3. The Balaban J connectivity index is 2.27. The average Bonchev–Trinajstić information content (AvgIpc) is 2.74. The Kier molecular flexibility index (Phi) is 3.91. The fourth-order valence-electron chi connectivity index (χ4n) is 1.38. The maximum Gasteiger partial charge on any atom is 0.270 e. The molecule has 2 rings (SSSR count). The summed E-state index contributed by atoms with van der Waals surface area (Å²) in [6.45, 7) is 1.81. The molecule has 1 N–H and O–H groups in total. The maximum atomic E-state index is 12.0. The van der Waals surface area contributed by atoms with Crippen LogP contribution in [0.3, 0.4) is 0 Å². The molecule has 98 valence electrons. The van der Waals surface area contributed by atoms with Crippen LogP contribution in [-0.2, 0) is 0 Å². The Bertz CT molecular complexity index is 656. The van der Waals surface area contributed by atoms with Crippen molar-refractivity contribution in [3.8, 4) is 0 Å². The number of nitrogens with one attached hydrogen (secondary N) is 1. The van der Waals surface area contributed by atoms with Gasteiger partial charge in [0.05, 0.1) is 16.2 Å². The number of hydrogen-bond donors (Lipinski definition) is 1. The summed E-state index contributed by atoms with van der Waals surface area (Å²) in [4.78, 5) is 26.3. The minimum atomic E-state index is -0.545. The predicted molar refractivity (Wildman–Crippen MR) is 75.6 cm³/mol. The molecule has 0 radical (unpaired) electrons. The summed E-state index contributed by atoms with van der Waals surface area (Å²) < 4.78 is 0.490. The van der Waals surface area contributed by atoms with Crippen molar-refractivity contribution in [3.63, 3.8) is 0 Å². The number of halogens is 1. The van der Waals surface area contributed by atoms with Gasteiger partial charge < -0.3 is 0 Å². The molecule has 2 aromatic rings. The number of aryl methyl sites for hydroxylation is 1. The van der Waals surface area contributed by atoms with Crippen LogP contribution < -0.4 is 5.32 Å². The standard InChI is InChI=1S/C11H8BrN3O3S/c1-6-5-19-11(13-6)14-10(16)8-4-7(15(17)18)2-3-9(8)12/h2-5H,1H3,(H,13,14,16). The number of carbonyl (C=O) groups excluding carboxylic acids is 1. The highest BCUT2D eigenvalue weighted by Crippen LogP contribution is 2.24. The summed E-state index contributed by atoms with van der Waals surface area (Å²) in [5.74, 6) is -0.440. The summed E-state index contributed by atoms with van der Waals surface area (Å²) in [6, 6.07) is 4.02. The van der Waals surface area contributed by atoms with Crippen LogP contribution in [-0.4, -0.2) is 15.8 Å². The third-order valence-corrected chi connectivity index (χ3v) is 3.81. The number of thiazole rings is 1. The topological polar surface area (TPSA) is 85.1 Å². The number of benzene rings is 1. The first-order valence-corrected chi connectivity index (χ1v) is 6.82. The van der Waals surface area contributed by atoms with E-state index < -0.39 is 10.8 Å². The summed E-state index contributed by atoms with van der Waals surface area (Å²) in [5, 5.41) is 15.6. The highest BCUT2D eigenvalue weighted by molar-refractivity contribution is 9.10. The Morgan fingerprint density at radius 1 is 1.53 bits per heavy atom. The number of amides is 1. The van der Waals surface area contributed by atoms with E-state index in [0.717, 1.165) is 5.69 Å². The van der Waals surface area contributed by atoms with Crippen LogP contribution in [0.1, 0.15) is 16.1 Å². The summed E-state index contributed by atoms with van der Waals surface area (Å²) in [7, 11) is 0. The van der Waals surface area contributed by atoms with Gasteiger partial charge in [-0.1, -0.05) is 0 Å². The Hall–Kier alpha value is -1.80. The smallest absolute Gasteiger partial charge is 0.270 e. The molecule has 1 heterocycles. The van der Waals surface area contributed by atoms with Crippen molar-refractivity contribution in [2.75, 3.05) is 5.32 Å². The molecule has 0 atom stereocenters. The zero-order valence-corrected chi connectivity index (χ0v) is 12.1. The summed E-state index contributed by atoms with van der Waals surface area (Å²) >= 11 is 4.49. The number of nitro groups is 1. The molecule has 6 nitrogen and oxygen atoms in total. The highest BCUT2D eigenvalue weighted by atomic mass is 79.9. The maximum absolute atomic E-state index is 12.0. The molecule has 19 heavy (non-hydrogen) atoms. The zero-order chi connectivity index (χ0) is 14.0. The Morgan fingerprint density at radius 3 is 2.84 bits per heavy atom. The molecular weight excluding hydrogens is 334 g/mol. The fraction of sp³-hybridized carbons (Fsp3) is 0.0909. The minimum Gasteiger partial charge on any atom is -0.298 e. The van der Waals surface area contributed by atoms with Crippen molar-refractivity contribution < 1.29 is 9.72 Å². The molecule has 0 aliphatic rings. The molecule has 1 aromatic heterocycles. The van der Waals surface area contributed by atoms with Gasteiger partial charge in [-0.25, -0.2) is 4.98 Å². The van der Waals surface area contributed by atoms with Crippen molar-refractivity contribution in [2.45, 2.75) is 6.92 Å². The van der Waals surface area contributed by atoms with E-state index in [0.29, 0.717) is 9.60 Å². The van der Waals surface area contributed by atoms with E-state index in [-0.39, 0.29) is 11.3 Å².